The van der Waals surface area contributed by atoms with Gasteiger partial charge < -0.3 is 30.1 Å². The Kier molecular flexibility index (Phi) is 7.79. The highest BCUT2D eigenvalue weighted by atomic mass is 31.2. The van der Waals surface area contributed by atoms with E-state index in [0.717, 1.165) is 37.4 Å². The van der Waals surface area contributed by atoms with Crippen molar-refractivity contribution < 1.29 is 32.9 Å². The summed E-state index contributed by atoms with van der Waals surface area (Å²) in [5, 5.41) is 17.7. The van der Waals surface area contributed by atoms with Crippen LogP contribution in [0.5, 0.6) is 0 Å². The first-order chi connectivity index (χ1) is 15.9. The predicted molar refractivity (Wildman–Crippen MR) is 120 cm³/mol. The van der Waals surface area contributed by atoms with Gasteiger partial charge in [0.05, 0.1) is 18.7 Å². The molecule has 4 rings (SSSR count). The van der Waals surface area contributed by atoms with E-state index in [1.807, 2.05) is 4.90 Å². The van der Waals surface area contributed by atoms with Gasteiger partial charge in [0.15, 0.2) is 12.3 Å². The topological polar surface area (TPSA) is 126 Å². The van der Waals surface area contributed by atoms with Gasteiger partial charge in [-0.25, -0.2) is 4.99 Å². The van der Waals surface area contributed by atoms with Crippen LogP contribution in [-0.2, 0) is 27.8 Å². The van der Waals surface area contributed by atoms with Crippen LogP contribution in [-0.4, -0.2) is 98.6 Å². The second-order valence-corrected chi connectivity index (χ2v) is 10.1. The summed E-state index contributed by atoms with van der Waals surface area (Å²) in [6, 6.07) is 0. The number of rotatable bonds is 9. The number of hydrogen-bond acceptors (Lipinski definition) is 12. The maximum atomic E-state index is 11.1. The van der Waals surface area contributed by atoms with Crippen molar-refractivity contribution in [1.29, 1.82) is 0 Å². The average Bonchev–Trinajstić information content (AvgIpc) is 3.34. The van der Waals surface area contributed by atoms with Crippen LogP contribution in [0.25, 0.3) is 0 Å². The van der Waals surface area contributed by atoms with Gasteiger partial charge in [-0.3, -0.25) is 9.69 Å². The van der Waals surface area contributed by atoms with Crippen LogP contribution in [0, 0.1) is 0 Å². The Labute approximate surface area is 195 Å². The number of nitrogens with zero attached hydrogens (tertiary/aromatic N) is 3. The molecule has 4 aliphatic rings. The quantitative estimate of drug-likeness (QED) is 0.177. The van der Waals surface area contributed by atoms with Crippen molar-refractivity contribution in [1.82, 2.24) is 20.4 Å². The minimum atomic E-state index is -3.26. The molecular formula is C19H32BN5O7P+. The molecule has 6 atom stereocenters. The molecule has 0 aromatic rings. The van der Waals surface area contributed by atoms with Gasteiger partial charge in [-0.1, -0.05) is 13.8 Å². The summed E-state index contributed by atoms with van der Waals surface area (Å²) in [5.41, 5.74) is 0.952. The Morgan fingerprint density at radius 2 is 2.18 bits per heavy atom. The van der Waals surface area contributed by atoms with Gasteiger partial charge in [-0.15, -0.1) is 0 Å². The fraction of sp³-hybridized carbons (Fsp3) is 0.789. The number of aliphatic hydroxyl groups is 1. The van der Waals surface area contributed by atoms with Crippen LogP contribution >= 0.6 is 7.82 Å². The van der Waals surface area contributed by atoms with E-state index in [2.05, 4.69) is 34.4 Å². The van der Waals surface area contributed by atoms with Crippen LogP contribution in [0.2, 0.25) is 0 Å². The fourth-order valence-corrected chi connectivity index (χ4v) is 5.75. The Morgan fingerprint density at radius 1 is 1.42 bits per heavy atom. The average molecular weight is 484 g/mol. The molecule has 4 aliphatic heterocycles. The zero-order valence-electron chi connectivity index (χ0n) is 19.2. The Bertz CT molecular complexity index is 786. The third kappa shape index (κ3) is 5.14. The monoisotopic (exact) mass is 484 g/mol. The molecule has 2 radical (unpaired) electrons. The van der Waals surface area contributed by atoms with Crippen LogP contribution in [0.4, 0.5) is 0 Å². The third-order valence-electron chi connectivity index (χ3n) is 5.82. The van der Waals surface area contributed by atoms with E-state index in [-0.39, 0.29) is 19.6 Å². The summed E-state index contributed by atoms with van der Waals surface area (Å²) >= 11 is 0. The van der Waals surface area contributed by atoms with Crippen molar-refractivity contribution in [2.24, 2.45) is 4.99 Å². The van der Waals surface area contributed by atoms with Gasteiger partial charge in [0.25, 0.3) is 0 Å². The Balaban J connectivity index is 1.45. The molecule has 12 nitrogen and oxygen atoms in total. The number of carbonyl (C=O) groups is 1. The summed E-state index contributed by atoms with van der Waals surface area (Å²) in [6.45, 7) is 7.57. The van der Waals surface area contributed by atoms with Gasteiger partial charge in [0, 0.05) is 20.0 Å². The van der Waals surface area contributed by atoms with E-state index in [0.29, 0.717) is 6.67 Å². The van der Waals surface area contributed by atoms with Gasteiger partial charge in [0.2, 0.25) is 6.79 Å². The lowest BCUT2D eigenvalue weighted by Crippen LogP contribution is -2.47. The number of esters is 1. The molecule has 2 saturated heterocycles. The van der Waals surface area contributed by atoms with Gasteiger partial charge in [-0.05, 0) is 12.8 Å². The zero-order chi connectivity index (χ0) is 23.6. The van der Waals surface area contributed by atoms with Crippen molar-refractivity contribution in [3.63, 3.8) is 0 Å². The summed E-state index contributed by atoms with van der Waals surface area (Å²) < 4.78 is 27.6. The number of nitrogens with one attached hydrogen (secondary N) is 2. The number of fused-ring (bicyclic) bond motifs is 1. The van der Waals surface area contributed by atoms with Crippen molar-refractivity contribution >= 4 is 27.7 Å². The highest BCUT2D eigenvalue weighted by Crippen LogP contribution is 2.62. The molecule has 0 aromatic heterocycles. The summed E-state index contributed by atoms with van der Waals surface area (Å²) in [6.07, 6.45) is 0.671. The maximum absolute atomic E-state index is 11.1. The second-order valence-electron chi connectivity index (χ2n) is 8.24. The van der Waals surface area contributed by atoms with E-state index in [1.165, 1.54) is 6.92 Å². The van der Waals surface area contributed by atoms with Gasteiger partial charge >= 0.3 is 21.4 Å². The van der Waals surface area contributed by atoms with Crippen LogP contribution in [0.1, 0.15) is 33.6 Å². The Hall–Kier alpha value is -1.47. The van der Waals surface area contributed by atoms with E-state index in [1.54, 1.807) is 6.34 Å². The molecular weight excluding hydrogens is 452 g/mol. The number of ether oxygens (including phenoxy) is 2. The number of aliphatic hydroxyl groups excluding tert-OH is 1. The standard InChI is InChI=1S/C19H32BN5O7P/c1-4-6-24(7-5-2)17-14-18(22-9-21-17)25(10-23-14)19-15(27)16-13(31-19)8-29-33(20,32-16)30-11-28-12(3)26/h9,13,15-17,19,23,27H,4-8,10-11H2,1-3H3,(H,21,22)/q+1/t13?,15?,16-,17?,19?,33?/m1/s1. The SMILES string of the molecule is [B][P+]1(OCOC(C)=O)OCC2OC(N3CNC4=C3NC=NC4N(CCC)CCC)C(O)[C@@H]2O1. The number of aliphatic imine (C=N–C) groups is 1. The van der Waals surface area contributed by atoms with Crippen molar-refractivity contribution in [2.75, 3.05) is 33.2 Å². The first kappa shape index (κ1) is 24.7. The highest BCUT2D eigenvalue weighted by Gasteiger charge is 2.59. The fourth-order valence-electron chi connectivity index (χ4n) is 4.40. The van der Waals surface area contributed by atoms with Crippen molar-refractivity contribution in [2.45, 2.75) is 64.3 Å². The normalized spacial score (nSPS) is 35.3. The molecule has 0 saturated carbocycles. The molecule has 14 heteroatoms. The maximum Gasteiger partial charge on any atom is 0.488 e. The minimum absolute atomic E-state index is 0.0913. The number of carbonyl (C=O) groups excluding carboxylic acids is 1. The largest absolute Gasteiger partial charge is 0.488 e. The first-order valence-electron chi connectivity index (χ1n) is 11.3. The molecule has 0 bridgehead atoms. The van der Waals surface area contributed by atoms with Gasteiger partial charge in [-0.2, -0.15) is 13.6 Å². The molecule has 3 N–H and O–H groups in total. The Morgan fingerprint density at radius 3 is 2.88 bits per heavy atom. The smallest absolute Gasteiger partial charge is 0.434 e. The van der Waals surface area contributed by atoms with Crippen molar-refractivity contribution in [3.8, 4) is 0 Å². The van der Waals surface area contributed by atoms with E-state index in [4.69, 9.17) is 30.6 Å². The minimum Gasteiger partial charge on any atom is -0.434 e. The lowest BCUT2D eigenvalue weighted by Gasteiger charge is -2.33. The first-order valence-corrected chi connectivity index (χ1v) is 12.9. The van der Waals surface area contributed by atoms with Crippen molar-refractivity contribution in [3.05, 3.63) is 11.5 Å². The number of hydrogen-bond donors (Lipinski definition) is 3. The van der Waals surface area contributed by atoms with Gasteiger partial charge in [0.1, 0.15) is 30.8 Å². The second kappa shape index (κ2) is 10.4. The lowest BCUT2D eigenvalue weighted by atomic mass is 10.1. The van der Waals surface area contributed by atoms with E-state index < -0.39 is 38.3 Å². The molecule has 0 aromatic carbocycles. The summed E-state index contributed by atoms with van der Waals surface area (Å²) in [5.74, 6) is 0.306. The third-order valence-corrected chi connectivity index (χ3v) is 7.34. The molecule has 5 unspecified atom stereocenters. The molecule has 33 heavy (non-hydrogen) atoms. The molecule has 4 heterocycles. The molecule has 2 fully saturated rings. The van der Waals surface area contributed by atoms with Crippen LogP contribution in [0.3, 0.4) is 0 Å². The zero-order valence-corrected chi connectivity index (χ0v) is 20.1. The van der Waals surface area contributed by atoms with E-state index in [9.17, 15) is 9.90 Å². The summed E-state index contributed by atoms with van der Waals surface area (Å²) in [7, 11) is 2.83. The lowest BCUT2D eigenvalue weighted by molar-refractivity contribution is -0.149. The molecule has 0 aliphatic carbocycles. The summed E-state index contributed by atoms with van der Waals surface area (Å²) in [4.78, 5) is 19.9. The van der Waals surface area contributed by atoms with Crippen LogP contribution < -0.4 is 10.6 Å². The molecule has 0 spiro atoms. The molecule has 182 valence electrons. The molecule has 0 amide bonds. The van der Waals surface area contributed by atoms with Crippen LogP contribution in [0.15, 0.2) is 16.5 Å². The highest BCUT2D eigenvalue weighted by molar-refractivity contribution is 7.85. The predicted octanol–water partition coefficient (Wildman–Crippen LogP) is -0.0177. The van der Waals surface area contributed by atoms with E-state index >= 15 is 0 Å².